The van der Waals surface area contributed by atoms with Gasteiger partial charge in [-0.1, -0.05) is 30.3 Å². The normalized spacial score (nSPS) is 17.2. The zero-order valence-corrected chi connectivity index (χ0v) is 19.5. The Balaban J connectivity index is 1.18. The number of piperazine rings is 1. The highest BCUT2D eigenvalue weighted by atomic mass is 16.6. The minimum Gasteiger partial charge on any atom is -0.485 e. The van der Waals surface area contributed by atoms with Crippen LogP contribution in [0.2, 0.25) is 0 Å². The van der Waals surface area contributed by atoms with E-state index in [0.717, 1.165) is 22.2 Å². The van der Waals surface area contributed by atoms with Crippen LogP contribution in [0, 0.1) is 0 Å². The second-order valence-corrected chi connectivity index (χ2v) is 8.79. The van der Waals surface area contributed by atoms with Crippen molar-refractivity contribution in [2.75, 3.05) is 32.8 Å². The number of benzene rings is 2. The zero-order valence-electron chi connectivity index (χ0n) is 19.5. The minimum absolute atomic E-state index is 0.0674. The molecule has 2 aromatic heterocycles. The van der Waals surface area contributed by atoms with Gasteiger partial charge in [0.2, 0.25) is 6.10 Å². The molecule has 0 spiro atoms. The third kappa shape index (κ3) is 4.11. The Morgan fingerprint density at radius 3 is 2.33 bits per heavy atom. The van der Waals surface area contributed by atoms with Crippen molar-refractivity contribution in [3.8, 4) is 22.8 Å². The van der Waals surface area contributed by atoms with E-state index in [1.165, 1.54) is 0 Å². The summed E-state index contributed by atoms with van der Waals surface area (Å²) in [5.41, 5.74) is 2.99. The maximum absolute atomic E-state index is 13.7. The fraction of sp³-hybridized carbons (Fsp3) is 0.214. The number of pyridine rings is 2. The Morgan fingerprint density at radius 2 is 1.53 bits per heavy atom. The zero-order chi connectivity index (χ0) is 24.5. The molecule has 8 nitrogen and oxygen atoms in total. The lowest BCUT2D eigenvalue weighted by Gasteiger charge is -2.37. The number of para-hydroxylation sites is 3. The predicted octanol–water partition coefficient (Wildman–Crippen LogP) is 3.42. The van der Waals surface area contributed by atoms with E-state index in [2.05, 4.69) is 4.98 Å². The summed E-state index contributed by atoms with van der Waals surface area (Å²) in [5, 5.41) is 0.810. The Morgan fingerprint density at radius 1 is 0.833 bits per heavy atom. The van der Waals surface area contributed by atoms with Crippen LogP contribution >= 0.6 is 0 Å². The molecule has 1 saturated heterocycles. The lowest BCUT2D eigenvalue weighted by Crippen LogP contribution is -2.55. The highest BCUT2D eigenvalue weighted by Crippen LogP contribution is 2.31. The summed E-state index contributed by atoms with van der Waals surface area (Å²) in [5.74, 6) is 1.03. The second kappa shape index (κ2) is 9.30. The fourth-order valence-electron chi connectivity index (χ4n) is 4.67. The number of fused-ring (bicyclic) bond motifs is 2. The van der Waals surface area contributed by atoms with Crippen LogP contribution in [0.3, 0.4) is 0 Å². The number of rotatable bonds is 3. The first-order valence-electron chi connectivity index (χ1n) is 11.9. The molecule has 0 bridgehead atoms. The molecular weight excluding hydrogens is 456 g/mol. The molecule has 4 heterocycles. The van der Waals surface area contributed by atoms with Crippen LogP contribution in [0.5, 0.6) is 11.5 Å². The largest absolute Gasteiger partial charge is 0.485 e. The summed E-state index contributed by atoms with van der Waals surface area (Å²) in [6.07, 6.45) is 2.74. The van der Waals surface area contributed by atoms with E-state index in [1.54, 1.807) is 28.3 Å². The van der Waals surface area contributed by atoms with Crippen molar-refractivity contribution in [3.63, 3.8) is 0 Å². The number of amides is 2. The molecule has 1 atom stereocenters. The molecule has 0 radical (unpaired) electrons. The molecule has 0 saturated carbocycles. The van der Waals surface area contributed by atoms with Gasteiger partial charge in [0.25, 0.3) is 11.8 Å². The molecule has 0 unspecified atom stereocenters. The van der Waals surface area contributed by atoms with E-state index in [9.17, 15) is 9.59 Å². The SMILES string of the molecule is O=C(c1cc(-c2ccncc2)nc2ccccc12)N1CCN(C(=O)[C@H]2COc3ccccc3O2)CC1. The van der Waals surface area contributed by atoms with Crippen LogP contribution in [-0.4, -0.2) is 70.5 Å². The molecule has 36 heavy (non-hydrogen) atoms. The summed E-state index contributed by atoms with van der Waals surface area (Å²) in [4.78, 5) is 39.1. The van der Waals surface area contributed by atoms with Crippen LogP contribution in [0.1, 0.15) is 10.4 Å². The van der Waals surface area contributed by atoms with E-state index < -0.39 is 6.10 Å². The van der Waals surface area contributed by atoms with E-state index in [0.29, 0.717) is 43.2 Å². The van der Waals surface area contributed by atoms with Crippen molar-refractivity contribution in [2.24, 2.45) is 0 Å². The standard InChI is InChI=1S/C28H24N4O4/c33-27(21-17-23(19-9-11-29-12-10-19)30-22-6-2-1-5-20(21)22)31-13-15-32(16-14-31)28(34)26-18-35-24-7-3-4-8-25(24)36-26/h1-12,17,26H,13-16,18H2/t26-/m1/s1. The summed E-state index contributed by atoms with van der Waals surface area (Å²) in [6.45, 7) is 1.93. The van der Waals surface area contributed by atoms with Crippen LogP contribution in [0.4, 0.5) is 0 Å². The van der Waals surface area contributed by atoms with Crippen LogP contribution in [0.15, 0.2) is 79.1 Å². The quantitative estimate of drug-likeness (QED) is 0.447. The summed E-state index contributed by atoms with van der Waals surface area (Å²) in [6, 6.07) is 20.6. The maximum atomic E-state index is 13.7. The minimum atomic E-state index is -0.686. The number of ether oxygens (including phenoxy) is 2. The molecule has 4 aromatic rings. The number of carbonyl (C=O) groups excluding carboxylic acids is 2. The highest BCUT2D eigenvalue weighted by Gasteiger charge is 2.34. The summed E-state index contributed by atoms with van der Waals surface area (Å²) in [7, 11) is 0. The number of aromatic nitrogens is 2. The molecule has 2 amide bonds. The first-order chi connectivity index (χ1) is 17.7. The first kappa shape index (κ1) is 22.0. The third-order valence-corrected chi connectivity index (χ3v) is 6.59. The molecule has 0 N–H and O–H groups in total. The van der Waals surface area contributed by atoms with E-state index in [-0.39, 0.29) is 18.4 Å². The van der Waals surface area contributed by atoms with Crippen molar-refractivity contribution in [1.29, 1.82) is 0 Å². The van der Waals surface area contributed by atoms with Gasteiger partial charge >= 0.3 is 0 Å². The van der Waals surface area contributed by atoms with E-state index in [4.69, 9.17) is 14.5 Å². The Hall–Kier alpha value is -4.46. The van der Waals surface area contributed by atoms with Gasteiger partial charge in [0.15, 0.2) is 11.5 Å². The van der Waals surface area contributed by atoms with Gasteiger partial charge in [0.05, 0.1) is 16.8 Å². The molecule has 8 heteroatoms. The summed E-state index contributed by atoms with van der Waals surface area (Å²) >= 11 is 0. The Bertz CT molecular complexity index is 1430. The Kier molecular flexibility index (Phi) is 5.69. The van der Waals surface area contributed by atoms with Crippen LogP contribution in [-0.2, 0) is 4.79 Å². The maximum Gasteiger partial charge on any atom is 0.267 e. The smallest absolute Gasteiger partial charge is 0.267 e. The van der Waals surface area contributed by atoms with Crippen molar-refractivity contribution in [3.05, 3.63) is 84.7 Å². The van der Waals surface area contributed by atoms with Gasteiger partial charge in [-0.05, 0) is 36.4 Å². The average molecular weight is 481 g/mol. The van der Waals surface area contributed by atoms with Gasteiger partial charge < -0.3 is 19.3 Å². The van der Waals surface area contributed by atoms with Gasteiger partial charge in [-0.3, -0.25) is 14.6 Å². The van der Waals surface area contributed by atoms with Gasteiger partial charge in [0, 0.05) is 49.5 Å². The average Bonchev–Trinajstić information content (AvgIpc) is 2.96. The van der Waals surface area contributed by atoms with E-state index in [1.807, 2.05) is 60.7 Å². The number of hydrogen-bond donors (Lipinski definition) is 0. The van der Waals surface area contributed by atoms with Gasteiger partial charge in [-0.15, -0.1) is 0 Å². The van der Waals surface area contributed by atoms with E-state index >= 15 is 0 Å². The highest BCUT2D eigenvalue weighted by molar-refractivity contribution is 6.07. The topological polar surface area (TPSA) is 84.9 Å². The van der Waals surface area contributed by atoms with Gasteiger partial charge in [0.1, 0.15) is 6.61 Å². The molecular formula is C28H24N4O4. The lowest BCUT2D eigenvalue weighted by atomic mass is 10.0. The number of nitrogens with zero attached hydrogens (tertiary/aromatic N) is 4. The first-order valence-corrected chi connectivity index (χ1v) is 11.9. The van der Waals surface area contributed by atoms with Gasteiger partial charge in [-0.2, -0.15) is 0 Å². The summed E-state index contributed by atoms with van der Waals surface area (Å²) < 4.78 is 11.6. The third-order valence-electron chi connectivity index (χ3n) is 6.59. The predicted molar refractivity (Wildman–Crippen MR) is 134 cm³/mol. The molecule has 2 aliphatic rings. The monoisotopic (exact) mass is 480 g/mol. The number of carbonyl (C=O) groups is 2. The lowest BCUT2D eigenvalue weighted by molar-refractivity contribution is -0.142. The van der Waals surface area contributed by atoms with Gasteiger partial charge in [-0.25, -0.2) is 4.98 Å². The van der Waals surface area contributed by atoms with Crippen LogP contribution < -0.4 is 9.47 Å². The second-order valence-electron chi connectivity index (χ2n) is 8.79. The molecule has 1 fully saturated rings. The fourth-order valence-corrected chi connectivity index (χ4v) is 4.67. The number of hydrogen-bond acceptors (Lipinski definition) is 6. The van der Waals surface area contributed by atoms with Crippen molar-refractivity contribution >= 4 is 22.7 Å². The molecule has 2 aliphatic heterocycles. The van der Waals surface area contributed by atoms with Crippen molar-refractivity contribution < 1.29 is 19.1 Å². The molecule has 180 valence electrons. The molecule has 6 rings (SSSR count). The molecule has 0 aliphatic carbocycles. The Labute approximate surface area is 208 Å². The molecule has 2 aromatic carbocycles. The van der Waals surface area contributed by atoms with Crippen molar-refractivity contribution in [2.45, 2.75) is 6.10 Å². The van der Waals surface area contributed by atoms with Crippen molar-refractivity contribution in [1.82, 2.24) is 19.8 Å². The van der Waals surface area contributed by atoms with Crippen LogP contribution in [0.25, 0.3) is 22.2 Å².